The highest BCUT2D eigenvalue weighted by molar-refractivity contribution is 8.52. The van der Waals surface area contributed by atoms with Crippen LogP contribution in [0.5, 0.6) is 0 Å². The van der Waals surface area contributed by atoms with E-state index in [9.17, 15) is 14.4 Å². The van der Waals surface area contributed by atoms with E-state index < -0.39 is 31.7 Å². The molecule has 0 aliphatic rings. The van der Waals surface area contributed by atoms with Crippen LogP contribution in [0.4, 0.5) is 0 Å². The molecule has 2 unspecified atom stereocenters. The van der Waals surface area contributed by atoms with Crippen molar-refractivity contribution in [3.05, 3.63) is 12.2 Å². The molecule has 0 N–H and O–H groups in total. The number of carbonyl (C=O) groups is 3. The molecule has 286 valence electrons. The van der Waals surface area contributed by atoms with Crippen LogP contribution in [0, 0.1) is 11.8 Å². The summed E-state index contributed by atoms with van der Waals surface area (Å²) in [5.74, 6) is 3.85. The first-order chi connectivity index (χ1) is 22.9. The number of thiol groups is 2. The quantitative estimate of drug-likeness (QED) is 0.0245. The van der Waals surface area contributed by atoms with Crippen molar-refractivity contribution < 1.29 is 55.2 Å². The Morgan fingerprint density at radius 1 is 0.714 bits per heavy atom. The first-order valence-corrected chi connectivity index (χ1v) is 27.7. The van der Waals surface area contributed by atoms with Crippen molar-refractivity contribution in [2.45, 2.75) is 40.4 Å². The van der Waals surface area contributed by atoms with Crippen LogP contribution in [-0.4, -0.2) is 138 Å². The van der Waals surface area contributed by atoms with Crippen molar-refractivity contribution in [2.75, 3.05) is 83.0 Å². The van der Waals surface area contributed by atoms with Crippen molar-refractivity contribution in [3.8, 4) is 0 Å². The van der Waals surface area contributed by atoms with E-state index in [1.807, 2.05) is 19.7 Å². The molecule has 12 nitrogen and oxygen atoms in total. The van der Waals surface area contributed by atoms with Crippen LogP contribution in [0.1, 0.15) is 20.8 Å². The zero-order valence-corrected chi connectivity index (χ0v) is 38.9. The third kappa shape index (κ3) is 28.9. The van der Waals surface area contributed by atoms with E-state index in [-0.39, 0.29) is 36.2 Å². The second kappa shape index (κ2) is 32.2. The minimum Gasteiger partial charge on any atom is -0.469 e. The number of rotatable bonds is 25. The zero-order valence-electron chi connectivity index (χ0n) is 30.9. The molecule has 23 heteroatoms. The van der Waals surface area contributed by atoms with E-state index in [4.69, 9.17) is 40.8 Å². The summed E-state index contributed by atoms with van der Waals surface area (Å²) in [6.45, 7) is 15.3. The van der Waals surface area contributed by atoms with Crippen molar-refractivity contribution in [1.29, 1.82) is 0 Å². The van der Waals surface area contributed by atoms with E-state index in [1.165, 1.54) is 42.7 Å². The maximum absolute atomic E-state index is 12.1. The monoisotopic (exact) mass is 858 g/mol. The van der Waals surface area contributed by atoms with Gasteiger partial charge in [0, 0.05) is 64.2 Å². The molecule has 0 aromatic rings. The first kappa shape index (κ1) is 54.1. The molecule has 0 aromatic heterocycles. The maximum Gasteiger partial charge on any atom is 0.539 e. The summed E-state index contributed by atoms with van der Waals surface area (Å²) < 4.78 is 46.5. The summed E-state index contributed by atoms with van der Waals surface area (Å²) in [6, 6.07) is 0. The Labute approximate surface area is 327 Å². The van der Waals surface area contributed by atoms with Crippen LogP contribution in [0.3, 0.4) is 0 Å². The third-order valence-electron chi connectivity index (χ3n) is 5.59. The Bertz CT molecular complexity index is 890. The van der Waals surface area contributed by atoms with Gasteiger partial charge in [0.05, 0.1) is 26.1 Å². The van der Waals surface area contributed by atoms with Gasteiger partial charge in [-0.15, -0.1) is 0 Å². The average Bonchev–Trinajstić information content (AvgIpc) is 3.08. The molecule has 0 aliphatic carbocycles. The van der Waals surface area contributed by atoms with Gasteiger partial charge in [0.1, 0.15) is 0 Å². The number of carbonyl (C=O) groups excluding carboxylic acids is 3. The van der Waals surface area contributed by atoms with Crippen LogP contribution >= 0.6 is 71.7 Å². The van der Waals surface area contributed by atoms with Gasteiger partial charge in [-0.05, 0) is 12.7 Å². The minimum absolute atomic E-state index is 0.00198. The second-order valence-corrected chi connectivity index (χ2v) is 27.8. The van der Waals surface area contributed by atoms with Gasteiger partial charge in [-0.3, -0.25) is 9.59 Å². The van der Waals surface area contributed by atoms with E-state index in [2.05, 4.69) is 51.3 Å². The van der Waals surface area contributed by atoms with Crippen molar-refractivity contribution >= 4 is 127 Å². The Morgan fingerprint density at radius 2 is 1.14 bits per heavy atom. The van der Waals surface area contributed by atoms with Gasteiger partial charge in [0.15, 0.2) is 12.5 Å². The number of ether oxygens (including phenoxy) is 3. The molecule has 0 saturated carbocycles. The Balaban J connectivity index is -0.000000915. The molecule has 2 radical (unpaired) electrons. The van der Waals surface area contributed by atoms with Crippen molar-refractivity contribution in [2.24, 2.45) is 11.8 Å². The summed E-state index contributed by atoms with van der Waals surface area (Å²) >= 11 is 14.2. The van der Waals surface area contributed by atoms with Crippen molar-refractivity contribution in [3.63, 3.8) is 0 Å². The predicted octanol–water partition coefficient (Wildman–Crippen LogP) is 4.92. The summed E-state index contributed by atoms with van der Waals surface area (Å²) in [6.07, 6.45) is 0.562. The highest BCUT2D eigenvalue weighted by atomic mass is 32.2. The second-order valence-electron chi connectivity index (χ2n) is 11.0. The standard InChI is InChI=1S/C17H36BO7S3Si2.C8H16O5Si.CH4BS3/c1-14(16(19)24-11-29(6,7)8)9-26-13-28-18-27-10-15(2)17(20)25-12-30(21-3,22-4)23-5;1-7(2)8(9)13-6-14(10-3,11-4)12-5;3-1-5-2-4/h14-15H,9-13H2,1-8H3;1,6H2,2-5H3;3-4H,1H2. The predicted molar refractivity (Wildman–Crippen MR) is 222 cm³/mol. The van der Waals surface area contributed by atoms with Crippen LogP contribution in [-0.2, 0) is 55.2 Å². The third-order valence-corrected chi connectivity index (χ3v) is 16.2. The lowest BCUT2D eigenvalue weighted by Gasteiger charge is -2.24. The van der Waals surface area contributed by atoms with E-state index in [0.29, 0.717) is 17.6 Å². The largest absolute Gasteiger partial charge is 0.539 e. The van der Waals surface area contributed by atoms with Crippen molar-refractivity contribution in [1.82, 2.24) is 0 Å². The van der Waals surface area contributed by atoms with E-state index in [1.54, 1.807) is 59.4 Å². The van der Waals surface area contributed by atoms with E-state index in [0.717, 1.165) is 15.9 Å². The topological polar surface area (TPSA) is 134 Å². The molecule has 0 heterocycles. The van der Waals surface area contributed by atoms with Gasteiger partial charge < -0.3 is 40.8 Å². The summed E-state index contributed by atoms with van der Waals surface area (Å²) in [5, 5.41) is 1.67. The fourth-order valence-corrected chi connectivity index (χ4v) is 9.45. The molecule has 0 spiro atoms. The molecular formula is C26H56B2O12S6Si3. The fourth-order valence-electron chi connectivity index (χ4n) is 2.56. The molecule has 0 bridgehead atoms. The van der Waals surface area contributed by atoms with Gasteiger partial charge >= 0.3 is 35.5 Å². The Morgan fingerprint density at radius 3 is 1.51 bits per heavy atom. The van der Waals surface area contributed by atoms with Gasteiger partial charge in [-0.1, -0.05) is 40.1 Å². The van der Waals surface area contributed by atoms with Crippen LogP contribution in [0.15, 0.2) is 12.2 Å². The first-order valence-electron chi connectivity index (χ1n) is 14.7. The fraction of sp³-hybridized carbons (Fsp3) is 0.808. The number of esters is 3. The van der Waals surface area contributed by atoms with Crippen LogP contribution in [0.2, 0.25) is 19.6 Å². The zero-order chi connectivity index (χ0) is 38.5. The molecule has 0 aliphatic heterocycles. The van der Waals surface area contributed by atoms with Gasteiger partial charge in [-0.2, -0.15) is 47.6 Å². The number of hydrogen-bond donors (Lipinski definition) is 2. The number of thioether (sulfide) groups is 1. The summed E-state index contributed by atoms with van der Waals surface area (Å²) in [5.41, 5.74) is 0.330. The lowest BCUT2D eigenvalue weighted by molar-refractivity contribution is -0.147. The number of hydrogen-bond acceptors (Lipinski definition) is 18. The molecule has 49 heavy (non-hydrogen) atoms. The highest BCUT2D eigenvalue weighted by Gasteiger charge is 2.41. The van der Waals surface area contributed by atoms with E-state index >= 15 is 0 Å². The molecular weight excluding hydrogens is 803 g/mol. The van der Waals surface area contributed by atoms with Crippen LogP contribution < -0.4 is 0 Å². The molecule has 0 amide bonds. The van der Waals surface area contributed by atoms with Gasteiger partial charge in [0.25, 0.3) is 11.7 Å². The summed E-state index contributed by atoms with van der Waals surface area (Å²) in [7, 11) is 1.71. The highest BCUT2D eigenvalue weighted by Crippen LogP contribution is 2.20. The Hall–Kier alpha value is 0.791. The smallest absolute Gasteiger partial charge is 0.469 e. The van der Waals surface area contributed by atoms with Gasteiger partial charge in [-0.25, -0.2) is 28.9 Å². The normalized spacial score (nSPS) is 12.6. The maximum atomic E-state index is 12.1. The SMILES string of the molecule is C=C(C)C(=O)OC[Si](OC)(OC)OC.CO[Si](COC(=O)C(C)CS[B]SCSCC(C)C(=O)OC[Si](C)(C)C)(OC)OC.S[B]SCS. The minimum atomic E-state index is -2.91. The Kier molecular flexibility index (Phi) is 35.6. The molecule has 0 rings (SSSR count). The average molecular weight is 859 g/mol. The van der Waals surface area contributed by atoms with Gasteiger partial charge in [0.2, 0.25) is 0 Å². The summed E-state index contributed by atoms with van der Waals surface area (Å²) in [4.78, 5) is 35.2. The lowest BCUT2D eigenvalue weighted by Crippen LogP contribution is -2.49. The molecule has 0 fully saturated rings. The van der Waals surface area contributed by atoms with Crippen LogP contribution in [0.25, 0.3) is 0 Å². The molecule has 0 saturated heterocycles. The molecule has 2 atom stereocenters. The lowest BCUT2D eigenvalue weighted by atomic mass is 10.2. The molecule has 0 aromatic carbocycles.